The van der Waals surface area contributed by atoms with Crippen molar-refractivity contribution in [3.8, 4) is 0 Å². The van der Waals surface area contributed by atoms with Crippen molar-refractivity contribution in [2.24, 2.45) is 7.05 Å². The van der Waals surface area contributed by atoms with Gasteiger partial charge in [-0.3, -0.25) is 0 Å². The number of hydrogen-bond acceptors (Lipinski definition) is 1. The number of hydrogen-bond donors (Lipinski definition) is 0. The van der Waals surface area contributed by atoms with Gasteiger partial charge >= 0.3 is 0 Å². The van der Waals surface area contributed by atoms with Crippen LogP contribution >= 0.6 is 0 Å². The predicted octanol–water partition coefficient (Wildman–Crippen LogP) is 3.52. The van der Waals surface area contributed by atoms with Crippen LogP contribution in [0.5, 0.6) is 0 Å². The number of benzene rings is 1. The molecule has 0 saturated carbocycles. The van der Waals surface area contributed by atoms with Gasteiger partial charge in [-0.1, -0.05) is 18.2 Å². The molecule has 2 aliphatic rings. The maximum absolute atomic E-state index is 2.62. The molecule has 3 heterocycles. The van der Waals surface area contributed by atoms with Crippen molar-refractivity contribution >= 4 is 10.9 Å². The van der Waals surface area contributed by atoms with Gasteiger partial charge in [0.25, 0.3) is 0 Å². The number of aryl methyl sites for hydroxylation is 1. The van der Waals surface area contributed by atoms with Crippen LogP contribution in [0.15, 0.2) is 30.3 Å². The van der Waals surface area contributed by atoms with Gasteiger partial charge in [0, 0.05) is 36.3 Å². The summed E-state index contributed by atoms with van der Waals surface area (Å²) in [5, 5.41) is 1.39. The second-order valence-electron chi connectivity index (χ2n) is 6.41. The summed E-state index contributed by atoms with van der Waals surface area (Å²) in [6.07, 6.45) is 5.50. The van der Waals surface area contributed by atoms with Crippen molar-refractivity contribution in [1.29, 1.82) is 0 Å². The van der Waals surface area contributed by atoms with Crippen LogP contribution in [0.25, 0.3) is 10.9 Å². The van der Waals surface area contributed by atoms with Gasteiger partial charge in [0.05, 0.1) is 0 Å². The van der Waals surface area contributed by atoms with Crippen LogP contribution in [-0.4, -0.2) is 28.6 Å². The number of nitrogens with zero attached hydrogens (tertiary/aromatic N) is 2. The van der Waals surface area contributed by atoms with Gasteiger partial charge in [-0.25, -0.2) is 0 Å². The number of piperidine rings is 1. The third-order valence-electron chi connectivity index (χ3n) is 5.51. The Labute approximate surface area is 115 Å². The van der Waals surface area contributed by atoms with Gasteiger partial charge in [-0.05, 0) is 50.2 Å². The smallest absolute Gasteiger partial charge is 0.0479 e. The van der Waals surface area contributed by atoms with E-state index >= 15 is 0 Å². The highest BCUT2D eigenvalue weighted by molar-refractivity contribution is 5.81. The largest absolute Gasteiger partial charge is 0.347 e. The van der Waals surface area contributed by atoms with E-state index in [1.807, 2.05) is 0 Å². The van der Waals surface area contributed by atoms with Gasteiger partial charge in [0.1, 0.15) is 0 Å². The normalized spacial score (nSPS) is 31.2. The highest BCUT2D eigenvalue weighted by Crippen LogP contribution is 2.42. The topological polar surface area (TPSA) is 8.17 Å². The lowest BCUT2D eigenvalue weighted by atomic mass is 9.88. The first-order valence-electron chi connectivity index (χ1n) is 7.50. The predicted molar refractivity (Wildman–Crippen MR) is 79.5 cm³/mol. The van der Waals surface area contributed by atoms with Crippen molar-refractivity contribution in [2.75, 3.05) is 7.05 Å². The molecule has 1 aromatic carbocycles. The van der Waals surface area contributed by atoms with Crippen LogP contribution in [0, 0.1) is 0 Å². The zero-order valence-electron chi connectivity index (χ0n) is 11.8. The molecule has 2 atom stereocenters. The zero-order chi connectivity index (χ0) is 13.0. The summed E-state index contributed by atoms with van der Waals surface area (Å²) in [6, 6.07) is 12.8. The average Bonchev–Trinajstić information content (AvgIpc) is 2.84. The first-order chi connectivity index (χ1) is 9.24. The summed E-state index contributed by atoms with van der Waals surface area (Å²) in [6.45, 7) is 0. The fourth-order valence-electron chi connectivity index (χ4n) is 4.35. The lowest BCUT2D eigenvalue weighted by molar-refractivity contribution is 0.159. The van der Waals surface area contributed by atoms with Gasteiger partial charge in [-0.2, -0.15) is 0 Å². The molecule has 100 valence electrons. The molecule has 19 heavy (non-hydrogen) atoms. The van der Waals surface area contributed by atoms with E-state index in [4.69, 9.17) is 0 Å². The summed E-state index contributed by atoms with van der Waals surface area (Å²) in [4.78, 5) is 2.62. The fourth-order valence-corrected chi connectivity index (χ4v) is 4.35. The molecule has 2 nitrogen and oxygen atoms in total. The van der Waals surface area contributed by atoms with Gasteiger partial charge < -0.3 is 9.47 Å². The SMILES string of the molecule is CN1C2CCC1CC(c1cc3ccccc3n1C)C2. The van der Waals surface area contributed by atoms with Crippen LogP contribution < -0.4 is 0 Å². The average molecular weight is 254 g/mol. The highest BCUT2D eigenvalue weighted by Gasteiger charge is 2.39. The van der Waals surface area contributed by atoms with Crippen LogP contribution in [0.1, 0.15) is 37.3 Å². The van der Waals surface area contributed by atoms with Crippen LogP contribution in [-0.2, 0) is 7.05 Å². The van der Waals surface area contributed by atoms with E-state index in [0.717, 1.165) is 18.0 Å². The van der Waals surface area contributed by atoms with E-state index < -0.39 is 0 Å². The van der Waals surface area contributed by atoms with Crippen LogP contribution in [0.4, 0.5) is 0 Å². The minimum Gasteiger partial charge on any atom is -0.347 e. The van der Waals surface area contributed by atoms with Crippen LogP contribution in [0.3, 0.4) is 0 Å². The second kappa shape index (κ2) is 4.11. The summed E-state index contributed by atoms with van der Waals surface area (Å²) in [7, 11) is 4.55. The summed E-state index contributed by atoms with van der Waals surface area (Å²) in [5.74, 6) is 0.756. The monoisotopic (exact) mass is 254 g/mol. The Morgan fingerprint density at radius 3 is 2.37 bits per heavy atom. The molecule has 0 radical (unpaired) electrons. The fraction of sp³-hybridized carbons (Fsp3) is 0.529. The van der Waals surface area contributed by atoms with E-state index in [1.54, 1.807) is 5.69 Å². The number of rotatable bonds is 1. The molecular formula is C17H22N2. The van der Waals surface area contributed by atoms with Gasteiger partial charge in [0.15, 0.2) is 0 Å². The molecule has 2 unspecified atom stereocenters. The minimum atomic E-state index is 0.756. The number of para-hydroxylation sites is 1. The molecule has 2 aliphatic heterocycles. The first-order valence-corrected chi connectivity index (χ1v) is 7.50. The Kier molecular flexibility index (Phi) is 2.49. The Morgan fingerprint density at radius 2 is 1.68 bits per heavy atom. The lowest BCUT2D eigenvalue weighted by Gasteiger charge is -2.36. The second-order valence-corrected chi connectivity index (χ2v) is 6.41. The van der Waals surface area contributed by atoms with Crippen molar-refractivity contribution in [2.45, 2.75) is 43.7 Å². The van der Waals surface area contributed by atoms with Crippen molar-refractivity contribution in [3.63, 3.8) is 0 Å². The first kappa shape index (κ1) is 11.5. The standard InChI is InChI=1S/C17H22N2/c1-18-14-7-8-15(18)10-13(9-14)17-11-12-5-3-4-6-16(12)19(17)2/h3-6,11,13-15H,7-10H2,1-2H3. The molecule has 0 aliphatic carbocycles. The third kappa shape index (κ3) is 1.66. The molecule has 2 saturated heterocycles. The minimum absolute atomic E-state index is 0.756. The Balaban J connectivity index is 1.73. The van der Waals surface area contributed by atoms with Crippen LogP contribution in [0.2, 0.25) is 0 Å². The quantitative estimate of drug-likeness (QED) is 0.756. The molecule has 2 fully saturated rings. The number of fused-ring (bicyclic) bond motifs is 3. The van der Waals surface area contributed by atoms with E-state index in [9.17, 15) is 0 Å². The molecule has 0 spiro atoms. The van der Waals surface area contributed by atoms with Crippen molar-refractivity contribution < 1.29 is 0 Å². The Hall–Kier alpha value is -1.28. The molecule has 2 heteroatoms. The zero-order valence-corrected chi connectivity index (χ0v) is 11.8. The Morgan fingerprint density at radius 1 is 1.00 bits per heavy atom. The van der Waals surface area contributed by atoms with Gasteiger partial charge in [-0.15, -0.1) is 0 Å². The summed E-state index contributed by atoms with van der Waals surface area (Å²) >= 11 is 0. The van der Waals surface area contributed by atoms with Crippen molar-refractivity contribution in [3.05, 3.63) is 36.0 Å². The van der Waals surface area contributed by atoms with Gasteiger partial charge in [0.2, 0.25) is 0 Å². The number of aromatic nitrogens is 1. The maximum Gasteiger partial charge on any atom is 0.0479 e. The lowest BCUT2D eigenvalue weighted by Crippen LogP contribution is -2.39. The molecule has 2 bridgehead atoms. The maximum atomic E-state index is 2.62. The van der Waals surface area contributed by atoms with E-state index in [2.05, 4.69) is 53.9 Å². The molecule has 0 N–H and O–H groups in total. The molecule has 1 aromatic heterocycles. The van der Waals surface area contributed by atoms with E-state index in [-0.39, 0.29) is 0 Å². The summed E-state index contributed by atoms with van der Waals surface area (Å²) in [5.41, 5.74) is 2.93. The molecule has 4 rings (SSSR count). The third-order valence-corrected chi connectivity index (χ3v) is 5.51. The molecular weight excluding hydrogens is 232 g/mol. The van der Waals surface area contributed by atoms with Crippen molar-refractivity contribution in [1.82, 2.24) is 9.47 Å². The Bertz CT molecular complexity index is 599. The van der Waals surface area contributed by atoms with E-state index in [1.165, 1.54) is 36.6 Å². The van der Waals surface area contributed by atoms with E-state index in [0.29, 0.717) is 0 Å². The molecule has 2 aromatic rings. The molecule has 0 amide bonds. The highest BCUT2D eigenvalue weighted by atomic mass is 15.2. The summed E-state index contributed by atoms with van der Waals surface area (Å²) < 4.78 is 2.42.